The largest absolute Gasteiger partial charge is 0.497 e. The quantitative estimate of drug-likeness (QED) is 0.494. The summed E-state index contributed by atoms with van der Waals surface area (Å²) >= 11 is 0. The first kappa shape index (κ1) is 24.1. The first-order chi connectivity index (χ1) is 15.9. The minimum Gasteiger partial charge on any atom is -0.497 e. The minimum absolute atomic E-state index is 0.0322. The molecule has 0 aromatic heterocycles. The Morgan fingerprint density at radius 1 is 0.970 bits per heavy atom. The summed E-state index contributed by atoms with van der Waals surface area (Å²) in [4.78, 5) is 27.7. The van der Waals surface area contributed by atoms with Gasteiger partial charge in [-0.05, 0) is 49.4 Å². The number of hydrogen-bond donors (Lipinski definition) is 1. The number of rotatable bonds is 10. The van der Waals surface area contributed by atoms with E-state index in [1.54, 1.807) is 18.9 Å². The first-order valence-electron chi connectivity index (χ1n) is 11.3. The zero-order valence-corrected chi connectivity index (χ0v) is 19.7. The standard InChI is InChI=1S/C27H32N2O4/c1-5-19(2)28-27(31)20(3)29(17-21-13-15-23(32-4)16-14-21)26(30)18-33-25-12-8-10-22-9-6-7-11-24(22)25/h6-16,19-20H,5,17-18H2,1-4H3,(H,28,31). The van der Waals surface area contributed by atoms with Crippen molar-refractivity contribution in [3.63, 3.8) is 0 Å². The van der Waals surface area contributed by atoms with E-state index in [0.717, 1.165) is 28.5 Å². The highest BCUT2D eigenvalue weighted by molar-refractivity contribution is 5.90. The summed E-state index contributed by atoms with van der Waals surface area (Å²) in [6, 6.07) is 20.5. The normalized spacial score (nSPS) is 12.6. The van der Waals surface area contributed by atoms with Gasteiger partial charge in [0.1, 0.15) is 17.5 Å². The molecule has 174 valence electrons. The number of methoxy groups -OCH3 is 1. The molecule has 0 aliphatic carbocycles. The number of nitrogens with one attached hydrogen (secondary N) is 1. The lowest BCUT2D eigenvalue weighted by atomic mass is 10.1. The summed E-state index contributed by atoms with van der Waals surface area (Å²) in [6.45, 7) is 5.83. The van der Waals surface area contributed by atoms with Gasteiger partial charge in [0.05, 0.1) is 7.11 Å². The van der Waals surface area contributed by atoms with Crippen LogP contribution in [-0.4, -0.2) is 42.5 Å². The van der Waals surface area contributed by atoms with E-state index in [2.05, 4.69) is 5.32 Å². The Labute approximate surface area is 195 Å². The molecule has 0 radical (unpaired) electrons. The Kier molecular flexibility index (Phi) is 8.30. The van der Waals surface area contributed by atoms with Gasteiger partial charge in [-0.2, -0.15) is 0 Å². The third-order valence-corrected chi connectivity index (χ3v) is 5.78. The number of benzene rings is 3. The molecule has 3 aromatic carbocycles. The van der Waals surface area contributed by atoms with E-state index in [1.165, 1.54) is 0 Å². The molecule has 1 N–H and O–H groups in total. The van der Waals surface area contributed by atoms with Crippen LogP contribution in [0.5, 0.6) is 11.5 Å². The molecule has 3 aromatic rings. The maximum Gasteiger partial charge on any atom is 0.261 e. The minimum atomic E-state index is -0.648. The number of fused-ring (bicyclic) bond motifs is 1. The van der Waals surface area contributed by atoms with Crippen LogP contribution in [0.3, 0.4) is 0 Å². The fourth-order valence-electron chi connectivity index (χ4n) is 3.52. The predicted octanol–water partition coefficient (Wildman–Crippen LogP) is 4.56. The van der Waals surface area contributed by atoms with E-state index in [1.807, 2.05) is 80.6 Å². The SMILES string of the molecule is CCC(C)NC(=O)C(C)N(Cc1ccc(OC)cc1)C(=O)COc1cccc2ccccc12. The number of ether oxygens (including phenoxy) is 2. The van der Waals surface area contributed by atoms with Crippen molar-refractivity contribution in [1.82, 2.24) is 10.2 Å². The van der Waals surface area contributed by atoms with Crippen LogP contribution in [0.15, 0.2) is 66.7 Å². The molecular formula is C27H32N2O4. The average molecular weight is 449 g/mol. The van der Waals surface area contributed by atoms with Crippen LogP contribution in [0.25, 0.3) is 10.8 Å². The highest BCUT2D eigenvalue weighted by Crippen LogP contribution is 2.25. The van der Waals surface area contributed by atoms with E-state index in [9.17, 15) is 9.59 Å². The van der Waals surface area contributed by atoms with Crippen LogP contribution in [0, 0.1) is 0 Å². The maximum absolute atomic E-state index is 13.3. The lowest BCUT2D eigenvalue weighted by Gasteiger charge is -2.29. The van der Waals surface area contributed by atoms with Crippen LogP contribution >= 0.6 is 0 Å². The molecule has 33 heavy (non-hydrogen) atoms. The second-order valence-electron chi connectivity index (χ2n) is 8.13. The molecule has 0 aliphatic heterocycles. The zero-order valence-electron chi connectivity index (χ0n) is 19.7. The molecule has 0 saturated carbocycles. The average Bonchev–Trinajstić information content (AvgIpc) is 2.85. The molecule has 2 unspecified atom stereocenters. The molecule has 0 bridgehead atoms. The van der Waals surface area contributed by atoms with Crippen molar-refractivity contribution in [2.24, 2.45) is 0 Å². The summed E-state index contributed by atoms with van der Waals surface area (Å²) in [5, 5.41) is 4.96. The van der Waals surface area contributed by atoms with Crippen LogP contribution in [0.2, 0.25) is 0 Å². The third-order valence-electron chi connectivity index (χ3n) is 5.78. The summed E-state index contributed by atoms with van der Waals surface area (Å²) < 4.78 is 11.1. The molecule has 0 aliphatic rings. The molecule has 0 spiro atoms. The van der Waals surface area contributed by atoms with Gasteiger partial charge in [-0.3, -0.25) is 9.59 Å². The van der Waals surface area contributed by atoms with E-state index >= 15 is 0 Å². The van der Waals surface area contributed by atoms with Gasteiger partial charge in [0.25, 0.3) is 5.91 Å². The Bertz CT molecular complexity index is 1080. The van der Waals surface area contributed by atoms with Crippen molar-refractivity contribution in [2.45, 2.75) is 45.8 Å². The van der Waals surface area contributed by atoms with E-state index in [0.29, 0.717) is 5.75 Å². The molecule has 0 heterocycles. The number of carbonyl (C=O) groups is 2. The van der Waals surface area contributed by atoms with Gasteiger partial charge < -0.3 is 19.7 Å². The monoisotopic (exact) mass is 448 g/mol. The van der Waals surface area contributed by atoms with Gasteiger partial charge in [0, 0.05) is 18.0 Å². The van der Waals surface area contributed by atoms with Crippen LogP contribution in [0.4, 0.5) is 0 Å². The van der Waals surface area contributed by atoms with Crippen LogP contribution in [-0.2, 0) is 16.1 Å². The lowest BCUT2D eigenvalue weighted by molar-refractivity contribution is -0.142. The lowest BCUT2D eigenvalue weighted by Crippen LogP contribution is -2.50. The van der Waals surface area contributed by atoms with Crippen molar-refractivity contribution in [1.29, 1.82) is 0 Å². The van der Waals surface area contributed by atoms with Crippen molar-refractivity contribution in [3.05, 3.63) is 72.3 Å². The van der Waals surface area contributed by atoms with Crippen LogP contribution in [0.1, 0.15) is 32.8 Å². The second-order valence-corrected chi connectivity index (χ2v) is 8.13. The van der Waals surface area contributed by atoms with Crippen molar-refractivity contribution in [3.8, 4) is 11.5 Å². The summed E-state index contributed by atoms with van der Waals surface area (Å²) in [6.07, 6.45) is 0.815. The third kappa shape index (κ3) is 6.25. The number of hydrogen-bond acceptors (Lipinski definition) is 4. The fraction of sp³-hybridized carbons (Fsp3) is 0.333. The van der Waals surface area contributed by atoms with E-state index in [-0.39, 0.29) is 31.0 Å². The highest BCUT2D eigenvalue weighted by atomic mass is 16.5. The number of nitrogens with zero attached hydrogens (tertiary/aromatic N) is 1. The van der Waals surface area contributed by atoms with E-state index in [4.69, 9.17) is 9.47 Å². The highest BCUT2D eigenvalue weighted by Gasteiger charge is 2.27. The summed E-state index contributed by atoms with van der Waals surface area (Å²) in [7, 11) is 1.61. The number of amides is 2. The Balaban J connectivity index is 1.78. The van der Waals surface area contributed by atoms with Gasteiger partial charge in [0.2, 0.25) is 5.91 Å². The second kappa shape index (κ2) is 11.4. The number of carbonyl (C=O) groups excluding carboxylic acids is 2. The summed E-state index contributed by atoms with van der Waals surface area (Å²) in [5.74, 6) is 0.933. The Morgan fingerprint density at radius 3 is 2.36 bits per heavy atom. The molecule has 0 fully saturated rings. The smallest absolute Gasteiger partial charge is 0.261 e. The molecular weight excluding hydrogens is 416 g/mol. The van der Waals surface area contributed by atoms with Gasteiger partial charge in [-0.15, -0.1) is 0 Å². The fourth-order valence-corrected chi connectivity index (χ4v) is 3.52. The van der Waals surface area contributed by atoms with Gasteiger partial charge in [0.15, 0.2) is 6.61 Å². The molecule has 3 rings (SSSR count). The molecule has 2 atom stereocenters. The first-order valence-corrected chi connectivity index (χ1v) is 11.3. The maximum atomic E-state index is 13.3. The van der Waals surface area contributed by atoms with Gasteiger partial charge >= 0.3 is 0 Å². The molecule has 6 nitrogen and oxygen atoms in total. The zero-order chi connectivity index (χ0) is 23.8. The molecule has 6 heteroatoms. The summed E-state index contributed by atoms with van der Waals surface area (Å²) in [5.41, 5.74) is 0.900. The Hall–Kier alpha value is -3.54. The van der Waals surface area contributed by atoms with Crippen molar-refractivity contribution >= 4 is 22.6 Å². The van der Waals surface area contributed by atoms with Crippen molar-refractivity contribution < 1.29 is 19.1 Å². The van der Waals surface area contributed by atoms with Gasteiger partial charge in [-0.1, -0.05) is 55.5 Å². The van der Waals surface area contributed by atoms with Crippen molar-refractivity contribution in [2.75, 3.05) is 13.7 Å². The Morgan fingerprint density at radius 2 is 1.67 bits per heavy atom. The van der Waals surface area contributed by atoms with E-state index < -0.39 is 6.04 Å². The van der Waals surface area contributed by atoms with Crippen LogP contribution < -0.4 is 14.8 Å². The molecule has 2 amide bonds. The molecule has 0 saturated heterocycles. The predicted molar refractivity (Wildman–Crippen MR) is 130 cm³/mol. The topological polar surface area (TPSA) is 67.9 Å². The van der Waals surface area contributed by atoms with Gasteiger partial charge in [-0.25, -0.2) is 0 Å².